The summed E-state index contributed by atoms with van der Waals surface area (Å²) in [5, 5.41) is 17.0. The Kier molecular flexibility index (Phi) is 3.76. The lowest BCUT2D eigenvalue weighted by atomic mass is 9.89. The summed E-state index contributed by atoms with van der Waals surface area (Å²) >= 11 is 0. The molecule has 3 heteroatoms. The average molecular weight is 299 g/mol. The molecule has 2 atom stereocenters. The quantitative estimate of drug-likeness (QED) is 0.893. The van der Waals surface area contributed by atoms with Crippen LogP contribution in [0, 0.1) is 0 Å². The molecule has 0 radical (unpaired) electrons. The van der Waals surface area contributed by atoms with Crippen molar-refractivity contribution in [3.63, 3.8) is 0 Å². The van der Waals surface area contributed by atoms with Gasteiger partial charge in [0, 0.05) is 11.1 Å². The molecule has 2 N–H and O–H groups in total. The van der Waals surface area contributed by atoms with E-state index in [-0.39, 0.29) is 11.6 Å². The number of morpholine rings is 1. The van der Waals surface area contributed by atoms with E-state index in [4.69, 9.17) is 4.74 Å². The Labute approximate surface area is 132 Å². The van der Waals surface area contributed by atoms with Crippen molar-refractivity contribution in [1.82, 2.24) is 5.32 Å². The lowest BCUT2D eigenvalue weighted by molar-refractivity contribution is -0.263. The van der Waals surface area contributed by atoms with Gasteiger partial charge in [-0.25, -0.2) is 0 Å². The third-order valence-corrected chi connectivity index (χ3v) is 4.59. The highest BCUT2D eigenvalue weighted by Crippen LogP contribution is 2.35. The molecular weight excluding hydrogens is 274 g/mol. The molecular formula is C19H25NO2. The summed E-state index contributed by atoms with van der Waals surface area (Å²) in [4.78, 5) is 0. The van der Waals surface area contributed by atoms with E-state index in [0.717, 1.165) is 17.4 Å². The van der Waals surface area contributed by atoms with Crippen molar-refractivity contribution < 1.29 is 9.84 Å². The molecule has 0 bridgehead atoms. The van der Waals surface area contributed by atoms with E-state index in [0.29, 0.717) is 6.61 Å². The zero-order chi connectivity index (χ0) is 16.0. The number of nitrogens with one attached hydrogen (secondary N) is 1. The van der Waals surface area contributed by atoms with Gasteiger partial charge in [-0.3, -0.25) is 0 Å². The molecule has 2 aromatic rings. The van der Waals surface area contributed by atoms with Crippen molar-refractivity contribution in [2.45, 2.75) is 51.5 Å². The van der Waals surface area contributed by atoms with Crippen LogP contribution in [0.2, 0.25) is 0 Å². The summed E-state index contributed by atoms with van der Waals surface area (Å²) in [6, 6.07) is 12.3. The highest BCUT2D eigenvalue weighted by molar-refractivity contribution is 5.86. The first kappa shape index (κ1) is 15.5. The van der Waals surface area contributed by atoms with Gasteiger partial charge in [0.1, 0.15) is 0 Å². The highest BCUT2D eigenvalue weighted by Gasteiger charge is 2.45. The lowest BCUT2D eigenvalue weighted by Crippen LogP contribution is -2.63. The van der Waals surface area contributed by atoms with Crippen LogP contribution in [0.4, 0.5) is 0 Å². The number of fused-ring (bicyclic) bond motifs is 1. The third kappa shape index (κ3) is 2.54. The second kappa shape index (κ2) is 5.34. The van der Waals surface area contributed by atoms with Gasteiger partial charge in [0.05, 0.1) is 12.6 Å². The van der Waals surface area contributed by atoms with E-state index in [1.807, 2.05) is 19.1 Å². The van der Waals surface area contributed by atoms with Gasteiger partial charge < -0.3 is 15.2 Å². The first-order valence-corrected chi connectivity index (χ1v) is 8.02. The molecule has 0 aromatic heterocycles. The summed E-state index contributed by atoms with van der Waals surface area (Å²) in [5.41, 5.74) is 1.94. The predicted octanol–water partition coefficient (Wildman–Crippen LogP) is 3.33. The minimum absolute atomic E-state index is 0.129. The van der Waals surface area contributed by atoms with Gasteiger partial charge in [-0.2, -0.15) is 0 Å². The SMILES string of the molecule is CCc1cc(C2(O)OCC(C)(C)NC2C)cc2ccccc12. The zero-order valence-electron chi connectivity index (χ0n) is 13.8. The number of ether oxygens (including phenoxy) is 1. The van der Waals surface area contributed by atoms with Crippen molar-refractivity contribution in [3.8, 4) is 0 Å². The summed E-state index contributed by atoms with van der Waals surface area (Å²) in [5.74, 6) is -1.29. The van der Waals surface area contributed by atoms with Gasteiger partial charge in [-0.1, -0.05) is 31.2 Å². The van der Waals surface area contributed by atoms with Crippen LogP contribution in [0.1, 0.15) is 38.8 Å². The minimum Gasteiger partial charge on any atom is -0.361 e. The topological polar surface area (TPSA) is 41.5 Å². The number of aliphatic hydroxyl groups is 1. The van der Waals surface area contributed by atoms with Crippen LogP contribution < -0.4 is 5.32 Å². The smallest absolute Gasteiger partial charge is 0.208 e. The van der Waals surface area contributed by atoms with Crippen molar-refractivity contribution in [3.05, 3.63) is 47.5 Å². The standard InChI is InChI=1S/C19H25NO2/c1-5-14-10-16(11-15-8-6-7-9-17(14)15)19(21)13(2)20-18(3,4)12-22-19/h6-11,13,20-21H,5,12H2,1-4H3. The van der Waals surface area contributed by atoms with Crippen LogP contribution in [0.5, 0.6) is 0 Å². The Morgan fingerprint density at radius 2 is 2.00 bits per heavy atom. The molecule has 1 heterocycles. The molecule has 1 saturated heterocycles. The monoisotopic (exact) mass is 299 g/mol. The van der Waals surface area contributed by atoms with Crippen molar-refractivity contribution in [1.29, 1.82) is 0 Å². The second-order valence-electron chi connectivity index (χ2n) is 6.95. The first-order valence-electron chi connectivity index (χ1n) is 8.02. The number of aryl methyl sites for hydroxylation is 1. The molecule has 1 fully saturated rings. The molecule has 0 aliphatic carbocycles. The molecule has 1 aliphatic heterocycles. The Balaban J connectivity index is 2.09. The summed E-state index contributed by atoms with van der Waals surface area (Å²) in [6.07, 6.45) is 0.928. The van der Waals surface area contributed by atoms with Gasteiger partial charge in [0.25, 0.3) is 0 Å². The van der Waals surface area contributed by atoms with Crippen LogP contribution in [-0.4, -0.2) is 23.3 Å². The highest BCUT2D eigenvalue weighted by atomic mass is 16.6. The molecule has 3 rings (SSSR count). The minimum atomic E-state index is -1.29. The van der Waals surface area contributed by atoms with Crippen molar-refractivity contribution in [2.24, 2.45) is 0 Å². The Morgan fingerprint density at radius 3 is 2.68 bits per heavy atom. The molecule has 22 heavy (non-hydrogen) atoms. The molecule has 1 aliphatic rings. The lowest BCUT2D eigenvalue weighted by Gasteiger charge is -2.46. The fourth-order valence-electron chi connectivity index (χ4n) is 3.36. The largest absolute Gasteiger partial charge is 0.361 e. The van der Waals surface area contributed by atoms with E-state index < -0.39 is 5.79 Å². The van der Waals surface area contributed by atoms with Gasteiger partial charge in [-0.05, 0) is 55.7 Å². The molecule has 3 nitrogen and oxygen atoms in total. The van der Waals surface area contributed by atoms with Crippen LogP contribution in [0.15, 0.2) is 36.4 Å². The Bertz CT molecular complexity index is 695. The number of hydrogen-bond acceptors (Lipinski definition) is 3. The number of rotatable bonds is 2. The van der Waals surface area contributed by atoms with E-state index in [1.54, 1.807) is 0 Å². The fraction of sp³-hybridized carbons (Fsp3) is 0.474. The van der Waals surface area contributed by atoms with E-state index in [1.165, 1.54) is 10.9 Å². The Hall–Kier alpha value is -1.42. The maximum Gasteiger partial charge on any atom is 0.208 e. The molecule has 2 aromatic carbocycles. The molecule has 0 amide bonds. The average Bonchev–Trinajstić information content (AvgIpc) is 2.50. The van der Waals surface area contributed by atoms with E-state index >= 15 is 0 Å². The summed E-state index contributed by atoms with van der Waals surface area (Å²) in [6.45, 7) is 8.76. The van der Waals surface area contributed by atoms with Crippen molar-refractivity contribution in [2.75, 3.05) is 6.61 Å². The molecule has 0 spiro atoms. The van der Waals surface area contributed by atoms with Gasteiger partial charge in [0.2, 0.25) is 5.79 Å². The van der Waals surface area contributed by atoms with Crippen LogP contribution in [0.25, 0.3) is 10.8 Å². The third-order valence-electron chi connectivity index (χ3n) is 4.59. The molecule has 2 unspecified atom stereocenters. The number of benzene rings is 2. The van der Waals surface area contributed by atoms with Gasteiger partial charge >= 0.3 is 0 Å². The molecule has 118 valence electrons. The number of hydrogen-bond donors (Lipinski definition) is 2. The van der Waals surface area contributed by atoms with Crippen LogP contribution in [0.3, 0.4) is 0 Å². The first-order chi connectivity index (χ1) is 10.4. The summed E-state index contributed by atoms with van der Waals surface area (Å²) < 4.78 is 5.92. The van der Waals surface area contributed by atoms with Gasteiger partial charge in [0.15, 0.2) is 0 Å². The maximum atomic E-state index is 11.1. The maximum absolute atomic E-state index is 11.1. The van der Waals surface area contributed by atoms with E-state index in [2.05, 4.69) is 50.4 Å². The Morgan fingerprint density at radius 1 is 1.27 bits per heavy atom. The van der Waals surface area contributed by atoms with Crippen molar-refractivity contribution >= 4 is 10.8 Å². The fourth-order valence-corrected chi connectivity index (χ4v) is 3.36. The normalized spacial score (nSPS) is 28.0. The summed E-state index contributed by atoms with van der Waals surface area (Å²) in [7, 11) is 0. The van der Waals surface area contributed by atoms with Gasteiger partial charge in [-0.15, -0.1) is 0 Å². The van der Waals surface area contributed by atoms with Crippen LogP contribution >= 0.6 is 0 Å². The van der Waals surface area contributed by atoms with E-state index in [9.17, 15) is 5.11 Å². The predicted molar refractivity (Wildman–Crippen MR) is 89.9 cm³/mol. The zero-order valence-corrected chi connectivity index (χ0v) is 13.8. The second-order valence-corrected chi connectivity index (χ2v) is 6.95. The molecule has 0 saturated carbocycles. The van der Waals surface area contributed by atoms with Crippen LogP contribution in [-0.2, 0) is 16.9 Å².